The Morgan fingerprint density at radius 2 is 1.88 bits per heavy atom. The summed E-state index contributed by atoms with van der Waals surface area (Å²) in [5, 5.41) is 0. The molecule has 0 aromatic rings. The van der Waals surface area contributed by atoms with Gasteiger partial charge in [-0.3, -0.25) is 4.90 Å². The van der Waals surface area contributed by atoms with E-state index in [4.69, 9.17) is 8.05 Å². The average molecular weight is 112 g/mol. The molecule has 8 heavy (non-hydrogen) atoms. The molecule has 0 bridgehead atoms. The maximum absolute atomic E-state index is 5.42. The van der Waals surface area contributed by atoms with Crippen molar-refractivity contribution in [3.8, 4) is 0 Å². The zero-order valence-corrected chi connectivity index (χ0v) is 5.26. The number of nitrogens with zero attached hydrogens (tertiary/aromatic N) is 1. The lowest BCUT2D eigenvalue weighted by Crippen LogP contribution is -2.38. The zero-order valence-electron chi connectivity index (χ0n) is 5.26. The minimum absolute atomic E-state index is 0.927. The van der Waals surface area contributed by atoms with Crippen LogP contribution in [-0.2, 0) is 4.28 Å². The third-order valence-corrected chi connectivity index (χ3v) is 1.47. The van der Waals surface area contributed by atoms with E-state index in [9.17, 15) is 0 Å². The van der Waals surface area contributed by atoms with Gasteiger partial charge in [0.2, 0.25) is 0 Å². The summed E-state index contributed by atoms with van der Waals surface area (Å²) in [7, 11) is 7.52. The third-order valence-electron chi connectivity index (χ3n) is 1.47. The van der Waals surface area contributed by atoms with Gasteiger partial charge in [-0.05, 0) is 7.05 Å². The Morgan fingerprint density at radius 3 is 2.25 bits per heavy atom. The maximum Gasteiger partial charge on any atom is 0.105 e. The summed E-state index contributed by atoms with van der Waals surface area (Å²) in [6, 6.07) is 0. The van der Waals surface area contributed by atoms with Crippen molar-refractivity contribution in [3.05, 3.63) is 0 Å². The molecule has 1 fully saturated rings. The van der Waals surface area contributed by atoms with Crippen molar-refractivity contribution in [2.45, 2.75) is 0 Å². The number of rotatable bonds is 0. The summed E-state index contributed by atoms with van der Waals surface area (Å²) in [5.74, 6) is 0. The molecular weight excluding hydrogens is 101 g/mol. The fraction of sp³-hybridized carbons (Fsp3) is 1.00. The van der Waals surface area contributed by atoms with Crippen LogP contribution in [0.15, 0.2) is 0 Å². The smallest absolute Gasteiger partial charge is 0.105 e. The first-order chi connectivity index (χ1) is 3.79. The highest BCUT2D eigenvalue weighted by Crippen LogP contribution is 1.97. The lowest BCUT2D eigenvalue weighted by atomic mass is 10.4. The van der Waals surface area contributed by atoms with Crippen molar-refractivity contribution in [1.29, 1.82) is 0 Å². The van der Waals surface area contributed by atoms with Crippen molar-refractivity contribution in [3.63, 3.8) is 0 Å². The van der Waals surface area contributed by atoms with Crippen LogP contribution in [0.2, 0.25) is 0 Å². The van der Waals surface area contributed by atoms with Crippen LogP contribution in [0, 0.1) is 0 Å². The van der Waals surface area contributed by atoms with Crippen LogP contribution in [0.1, 0.15) is 0 Å². The molecule has 45 valence electrons. The van der Waals surface area contributed by atoms with Crippen molar-refractivity contribution >= 4 is 8.05 Å². The van der Waals surface area contributed by atoms with E-state index in [1.54, 1.807) is 0 Å². The minimum Gasteiger partial charge on any atom is -0.732 e. The first kappa shape index (κ1) is 6.11. The fourth-order valence-electron chi connectivity index (χ4n) is 0.760. The van der Waals surface area contributed by atoms with Gasteiger partial charge in [0, 0.05) is 0 Å². The summed E-state index contributed by atoms with van der Waals surface area (Å²) in [6.07, 6.45) is 0. The topological polar surface area (TPSA) is 5.94 Å². The highest BCUT2D eigenvalue weighted by molar-refractivity contribution is 5.99. The Kier molecular flexibility index (Phi) is 1.92. The van der Waals surface area contributed by atoms with E-state index < -0.39 is 0 Å². The van der Waals surface area contributed by atoms with E-state index in [-0.39, 0.29) is 0 Å². The molecule has 1 aliphatic heterocycles. The van der Waals surface area contributed by atoms with Gasteiger partial charge in [-0.2, -0.15) is 0 Å². The van der Waals surface area contributed by atoms with Crippen LogP contribution in [-0.4, -0.2) is 46.3 Å². The molecule has 3 heteroatoms. The van der Waals surface area contributed by atoms with Gasteiger partial charge in [0.1, 0.15) is 13.2 Å². The van der Waals surface area contributed by atoms with Crippen molar-refractivity contribution in [1.82, 2.24) is 4.90 Å². The molecule has 3 radical (unpaired) electrons. The first-order valence-corrected chi connectivity index (χ1v) is 2.89. The molecule has 0 aromatic heterocycles. The summed E-state index contributed by atoms with van der Waals surface area (Å²) in [4.78, 5) is 2.26. The quantitative estimate of drug-likeness (QED) is 0.304. The molecule has 1 saturated heterocycles. The largest absolute Gasteiger partial charge is 0.732 e. The average Bonchev–Trinajstić information content (AvgIpc) is 1.77. The second-order valence-corrected chi connectivity index (χ2v) is 2.25. The Balaban J connectivity index is 2.19. The molecule has 0 unspecified atom stereocenters. The van der Waals surface area contributed by atoms with Gasteiger partial charge < -0.3 is 4.28 Å². The molecule has 0 saturated carbocycles. The second-order valence-electron chi connectivity index (χ2n) is 2.25. The summed E-state index contributed by atoms with van der Waals surface area (Å²) in [6.45, 7) is 4.00. The van der Waals surface area contributed by atoms with Crippen molar-refractivity contribution < 1.29 is 4.28 Å². The van der Waals surface area contributed by atoms with Crippen LogP contribution >= 0.6 is 0 Å². The third kappa shape index (κ3) is 1.49. The van der Waals surface area contributed by atoms with Gasteiger partial charge in [-0.1, -0.05) is 8.05 Å². The van der Waals surface area contributed by atoms with Gasteiger partial charge in [0.25, 0.3) is 0 Å². The predicted molar refractivity (Wildman–Crippen MR) is 34.1 cm³/mol. The predicted octanol–water partition coefficient (Wildman–Crippen LogP) is -0.432. The number of likely N-dealkylation sites (N-methyl/N-ethyl adjacent to an activating group) is 1. The first-order valence-electron chi connectivity index (χ1n) is 2.89. The molecule has 1 rings (SSSR count). The van der Waals surface area contributed by atoms with Crippen LogP contribution < -0.4 is 0 Å². The molecule has 2 nitrogen and oxygen atoms in total. The summed E-state index contributed by atoms with van der Waals surface area (Å²) >= 11 is 0. The molecule has 0 spiro atoms. The SMILES string of the molecule is [B-][O+]1CCN(C)CC1. The van der Waals surface area contributed by atoms with Crippen LogP contribution in [0.5, 0.6) is 0 Å². The number of hydrogen-bond donors (Lipinski definition) is 0. The molecule has 0 atom stereocenters. The normalized spacial score (nSPS) is 26.2. The van der Waals surface area contributed by atoms with Gasteiger partial charge in [0.05, 0.1) is 13.1 Å². The number of hydrogen-bond acceptors (Lipinski definition) is 1. The monoisotopic (exact) mass is 112 g/mol. The maximum atomic E-state index is 5.42. The lowest BCUT2D eigenvalue weighted by Gasteiger charge is -2.37. The van der Waals surface area contributed by atoms with Gasteiger partial charge >= 0.3 is 0 Å². The van der Waals surface area contributed by atoms with E-state index >= 15 is 0 Å². The minimum atomic E-state index is 0.927. The molecule has 0 aromatic carbocycles. The molecule has 1 aliphatic rings. The van der Waals surface area contributed by atoms with Gasteiger partial charge in [-0.15, -0.1) is 0 Å². The van der Waals surface area contributed by atoms with Crippen molar-refractivity contribution in [2.24, 2.45) is 0 Å². The highest BCUT2D eigenvalue weighted by atomic mass is 16.6. The van der Waals surface area contributed by atoms with Gasteiger partial charge in [-0.25, -0.2) is 0 Å². The fourth-order valence-corrected chi connectivity index (χ4v) is 0.760. The van der Waals surface area contributed by atoms with E-state index in [2.05, 4.69) is 16.2 Å². The van der Waals surface area contributed by atoms with Crippen LogP contribution in [0.3, 0.4) is 0 Å². The molecule has 0 aliphatic carbocycles. The Hall–Kier alpha value is -0.0151. The Labute approximate surface area is 51.6 Å². The standard InChI is InChI=1S/C5H11BNO/c1-7-2-4-8(6)5-3-7/h2-5H2,1H3. The van der Waals surface area contributed by atoms with E-state index in [1.807, 2.05) is 0 Å². The molecular formula is C5H11BNO. The van der Waals surface area contributed by atoms with E-state index in [0.717, 1.165) is 26.3 Å². The summed E-state index contributed by atoms with van der Waals surface area (Å²) < 4.78 is 2.55. The van der Waals surface area contributed by atoms with E-state index in [1.165, 1.54) is 0 Å². The van der Waals surface area contributed by atoms with Gasteiger partial charge in [0.15, 0.2) is 0 Å². The Morgan fingerprint density at radius 1 is 1.38 bits per heavy atom. The molecule has 0 amide bonds. The lowest BCUT2D eigenvalue weighted by molar-refractivity contribution is -0.0352. The number of morpholine rings is 1. The van der Waals surface area contributed by atoms with Crippen LogP contribution in [0.4, 0.5) is 0 Å². The van der Waals surface area contributed by atoms with E-state index in [0.29, 0.717) is 0 Å². The second kappa shape index (κ2) is 2.51. The van der Waals surface area contributed by atoms with Crippen LogP contribution in [0.25, 0.3) is 0 Å². The Bertz CT molecular complexity index is 60.8. The van der Waals surface area contributed by atoms with Crippen molar-refractivity contribution in [2.75, 3.05) is 33.4 Å². The summed E-state index contributed by atoms with van der Waals surface area (Å²) in [5.41, 5.74) is 0. The highest BCUT2D eigenvalue weighted by Gasteiger charge is 2.06. The molecule has 0 N–H and O–H groups in total. The zero-order chi connectivity index (χ0) is 5.98. The molecule has 1 heterocycles.